The molecule has 2 aliphatic rings. The Kier molecular flexibility index (Phi) is 6.94. The van der Waals surface area contributed by atoms with E-state index >= 15 is 0 Å². The number of rotatable bonds is 6. The Hall–Kier alpha value is -3.05. The summed E-state index contributed by atoms with van der Waals surface area (Å²) in [7, 11) is -3.52. The number of pyridine rings is 1. The predicted octanol–water partition coefficient (Wildman–Crippen LogP) is 3.38. The number of benzene rings is 1. The second kappa shape index (κ2) is 10.1. The summed E-state index contributed by atoms with van der Waals surface area (Å²) < 4.78 is 44.4. The van der Waals surface area contributed by atoms with E-state index in [0.717, 1.165) is 61.9 Å². The zero-order valence-electron chi connectivity index (χ0n) is 20.1. The predicted molar refractivity (Wildman–Crippen MR) is 134 cm³/mol. The van der Waals surface area contributed by atoms with E-state index in [4.69, 9.17) is 4.74 Å². The van der Waals surface area contributed by atoms with E-state index in [9.17, 15) is 17.6 Å². The highest BCUT2D eigenvalue weighted by Gasteiger charge is 2.30. The molecule has 5 rings (SSSR count). The van der Waals surface area contributed by atoms with Gasteiger partial charge < -0.3 is 14.6 Å². The van der Waals surface area contributed by atoms with Gasteiger partial charge in [0, 0.05) is 36.8 Å². The van der Waals surface area contributed by atoms with E-state index < -0.39 is 15.9 Å². The van der Waals surface area contributed by atoms with Crippen molar-refractivity contribution >= 4 is 32.8 Å². The fraction of sp³-hybridized carbons (Fsp3) is 0.480. The molecule has 1 aliphatic carbocycles. The topological polar surface area (TPSA) is 117 Å². The average Bonchev–Trinajstić information content (AvgIpc) is 3.27. The minimum atomic E-state index is -3.52. The number of halogens is 1. The van der Waals surface area contributed by atoms with Crippen LogP contribution >= 0.6 is 0 Å². The largest absolute Gasteiger partial charge is 0.375 e. The summed E-state index contributed by atoms with van der Waals surface area (Å²) in [6, 6.07) is 8.44. The molecule has 0 atom stereocenters. The lowest BCUT2D eigenvalue weighted by molar-refractivity contribution is -0.125. The van der Waals surface area contributed by atoms with Gasteiger partial charge in [0.15, 0.2) is 0 Å². The second-order valence-corrected chi connectivity index (χ2v) is 11.4. The van der Waals surface area contributed by atoms with Crippen LogP contribution in [0.2, 0.25) is 0 Å². The molecule has 11 heteroatoms. The third kappa shape index (κ3) is 5.84. The van der Waals surface area contributed by atoms with E-state index in [1.807, 2.05) is 12.1 Å². The summed E-state index contributed by atoms with van der Waals surface area (Å²) in [5, 5.41) is 0. The maximum Gasteiger partial charge on any atom is 0.236 e. The van der Waals surface area contributed by atoms with Crippen LogP contribution in [-0.2, 0) is 19.6 Å². The number of aromatic nitrogens is 3. The highest BCUT2D eigenvalue weighted by atomic mass is 32.2. The fourth-order valence-electron chi connectivity index (χ4n) is 5.05. The van der Waals surface area contributed by atoms with Gasteiger partial charge in [0.1, 0.15) is 17.5 Å². The van der Waals surface area contributed by atoms with E-state index in [1.54, 1.807) is 12.3 Å². The number of nitrogens with zero attached hydrogens (tertiary/aromatic N) is 3. The van der Waals surface area contributed by atoms with E-state index in [1.165, 1.54) is 12.1 Å². The van der Waals surface area contributed by atoms with Gasteiger partial charge in [-0.1, -0.05) is 0 Å². The van der Waals surface area contributed by atoms with Gasteiger partial charge in [0.25, 0.3) is 0 Å². The first-order valence-electron chi connectivity index (χ1n) is 12.3. The summed E-state index contributed by atoms with van der Waals surface area (Å²) in [5.74, 6) is 0.571. The van der Waals surface area contributed by atoms with Gasteiger partial charge in [-0.15, -0.1) is 0 Å². The molecule has 3 aromatic rings. The molecule has 36 heavy (non-hydrogen) atoms. The second-order valence-electron chi connectivity index (χ2n) is 9.69. The SMILES string of the molecule is CS(=O)(=O)NC(=O)C1CCC(OC2CCN(c3ccc(-c4nc5cc(F)ccc5[nH]4)cn3)CC2)CC1. The zero-order valence-corrected chi connectivity index (χ0v) is 20.9. The van der Waals surface area contributed by atoms with Gasteiger partial charge in [0.05, 0.1) is 29.5 Å². The molecule has 1 saturated heterocycles. The monoisotopic (exact) mass is 515 g/mol. The van der Waals surface area contributed by atoms with Crippen molar-refractivity contribution in [3.8, 4) is 11.4 Å². The molecule has 192 valence electrons. The molecule has 1 amide bonds. The quantitative estimate of drug-likeness (QED) is 0.517. The maximum atomic E-state index is 13.4. The van der Waals surface area contributed by atoms with Crippen molar-refractivity contribution in [1.29, 1.82) is 0 Å². The Bertz CT molecular complexity index is 1330. The van der Waals surface area contributed by atoms with E-state index in [0.29, 0.717) is 24.2 Å². The molecule has 2 fully saturated rings. The lowest BCUT2D eigenvalue weighted by atomic mass is 9.87. The van der Waals surface area contributed by atoms with E-state index in [-0.39, 0.29) is 23.9 Å². The third-order valence-corrected chi connectivity index (χ3v) is 7.52. The van der Waals surface area contributed by atoms with Crippen LogP contribution in [0.15, 0.2) is 36.5 Å². The van der Waals surface area contributed by atoms with Gasteiger partial charge in [-0.05, 0) is 62.8 Å². The van der Waals surface area contributed by atoms with Gasteiger partial charge in [0.2, 0.25) is 15.9 Å². The normalized spacial score (nSPS) is 21.6. The smallest absolute Gasteiger partial charge is 0.236 e. The maximum absolute atomic E-state index is 13.4. The molecule has 3 heterocycles. The number of carbonyl (C=O) groups excluding carboxylic acids is 1. The molecule has 0 unspecified atom stereocenters. The van der Waals surface area contributed by atoms with Crippen LogP contribution in [0.3, 0.4) is 0 Å². The Morgan fingerprint density at radius 1 is 1.08 bits per heavy atom. The number of ether oxygens (including phenoxy) is 1. The Morgan fingerprint density at radius 2 is 1.81 bits per heavy atom. The molecular formula is C25H30FN5O4S. The minimum absolute atomic E-state index is 0.110. The average molecular weight is 516 g/mol. The molecule has 1 saturated carbocycles. The molecule has 1 aromatic carbocycles. The van der Waals surface area contributed by atoms with Gasteiger partial charge in [-0.3, -0.25) is 9.52 Å². The van der Waals surface area contributed by atoms with Crippen LogP contribution in [0.5, 0.6) is 0 Å². The number of sulfonamides is 1. The lowest BCUT2D eigenvalue weighted by Crippen LogP contribution is -2.41. The summed E-state index contributed by atoms with van der Waals surface area (Å²) in [6.45, 7) is 1.68. The lowest BCUT2D eigenvalue weighted by Gasteiger charge is -2.36. The van der Waals surface area contributed by atoms with Crippen molar-refractivity contribution in [2.45, 2.75) is 50.7 Å². The van der Waals surface area contributed by atoms with Crippen LogP contribution < -0.4 is 9.62 Å². The number of anilines is 1. The van der Waals surface area contributed by atoms with Crippen molar-refractivity contribution in [3.63, 3.8) is 0 Å². The highest BCUT2D eigenvalue weighted by Crippen LogP contribution is 2.30. The van der Waals surface area contributed by atoms with Gasteiger partial charge in [-0.2, -0.15) is 0 Å². The Balaban J connectivity index is 1.10. The van der Waals surface area contributed by atoms with Crippen LogP contribution in [-0.4, -0.2) is 60.8 Å². The Labute approximate surface area is 209 Å². The Morgan fingerprint density at radius 3 is 2.47 bits per heavy atom. The minimum Gasteiger partial charge on any atom is -0.375 e. The summed E-state index contributed by atoms with van der Waals surface area (Å²) >= 11 is 0. The van der Waals surface area contributed by atoms with Crippen LogP contribution in [0, 0.1) is 11.7 Å². The molecular weight excluding hydrogens is 485 g/mol. The molecule has 0 radical (unpaired) electrons. The summed E-state index contributed by atoms with van der Waals surface area (Å²) in [5.41, 5.74) is 2.21. The van der Waals surface area contributed by atoms with Crippen LogP contribution in [0.1, 0.15) is 38.5 Å². The number of hydrogen-bond donors (Lipinski definition) is 2. The van der Waals surface area contributed by atoms with Crippen molar-refractivity contribution in [2.75, 3.05) is 24.2 Å². The number of nitrogens with one attached hydrogen (secondary N) is 2. The number of piperidine rings is 1. The molecule has 0 bridgehead atoms. The number of aromatic amines is 1. The highest BCUT2D eigenvalue weighted by molar-refractivity contribution is 7.89. The number of carbonyl (C=O) groups is 1. The number of amides is 1. The van der Waals surface area contributed by atoms with Crippen LogP contribution in [0.4, 0.5) is 10.2 Å². The molecule has 1 aliphatic heterocycles. The van der Waals surface area contributed by atoms with Crippen molar-refractivity contribution < 1.29 is 22.3 Å². The number of imidazole rings is 1. The summed E-state index contributed by atoms with van der Waals surface area (Å²) in [4.78, 5) is 26.6. The number of H-pyrrole nitrogens is 1. The van der Waals surface area contributed by atoms with Gasteiger partial charge >= 0.3 is 0 Å². The molecule has 2 aromatic heterocycles. The zero-order chi connectivity index (χ0) is 25.3. The van der Waals surface area contributed by atoms with Crippen molar-refractivity contribution in [1.82, 2.24) is 19.7 Å². The molecule has 9 nitrogen and oxygen atoms in total. The van der Waals surface area contributed by atoms with Crippen LogP contribution in [0.25, 0.3) is 22.4 Å². The molecule has 2 N–H and O–H groups in total. The number of fused-ring (bicyclic) bond motifs is 1. The van der Waals surface area contributed by atoms with Gasteiger partial charge in [-0.25, -0.2) is 22.8 Å². The standard InChI is InChI=1S/C25H30FN5O4S/c1-36(33,34)30-25(32)16-2-6-19(7-3-16)35-20-10-12-31(13-11-20)23-9-4-17(15-27-23)24-28-21-8-5-18(26)14-22(21)29-24/h4-5,8-9,14-16,19-20H,2-3,6-7,10-13H2,1H3,(H,28,29)(H,30,32). The number of hydrogen-bond acceptors (Lipinski definition) is 7. The first-order chi connectivity index (χ1) is 17.2. The van der Waals surface area contributed by atoms with Crippen molar-refractivity contribution in [2.24, 2.45) is 5.92 Å². The fourth-order valence-corrected chi connectivity index (χ4v) is 5.58. The van der Waals surface area contributed by atoms with Crippen molar-refractivity contribution in [3.05, 3.63) is 42.3 Å². The van der Waals surface area contributed by atoms with E-state index in [2.05, 4.69) is 24.6 Å². The first kappa shape index (κ1) is 24.6. The first-order valence-corrected chi connectivity index (χ1v) is 14.2. The molecule has 0 spiro atoms. The summed E-state index contributed by atoms with van der Waals surface area (Å²) in [6.07, 6.45) is 7.66. The third-order valence-electron chi connectivity index (χ3n) is 6.95.